The van der Waals surface area contributed by atoms with Gasteiger partial charge >= 0.3 is 0 Å². The molecule has 0 bridgehead atoms. The molecule has 0 saturated carbocycles. The van der Waals surface area contributed by atoms with E-state index in [9.17, 15) is 0 Å². The van der Waals surface area contributed by atoms with E-state index in [2.05, 4.69) is 30.5 Å². The van der Waals surface area contributed by atoms with Gasteiger partial charge in [0.15, 0.2) is 0 Å². The Labute approximate surface area is 114 Å². The van der Waals surface area contributed by atoms with Gasteiger partial charge in [-0.25, -0.2) is 0 Å². The van der Waals surface area contributed by atoms with Crippen LogP contribution in [0.4, 0.5) is 0 Å². The summed E-state index contributed by atoms with van der Waals surface area (Å²) in [5.74, 6) is 0.830. The summed E-state index contributed by atoms with van der Waals surface area (Å²) in [6, 6.07) is 5.92. The molecule has 0 aromatic heterocycles. The third-order valence-corrected chi connectivity index (χ3v) is 3.39. The first-order chi connectivity index (χ1) is 8.81. The van der Waals surface area contributed by atoms with Crippen LogP contribution in [-0.2, 0) is 6.54 Å². The van der Waals surface area contributed by atoms with Gasteiger partial charge in [-0.1, -0.05) is 36.7 Å². The van der Waals surface area contributed by atoms with Gasteiger partial charge in [0.1, 0.15) is 11.9 Å². The summed E-state index contributed by atoms with van der Waals surface area (Å²) in [6.45, 7) is 3.83. The SMILES string of the molecule is CCNCc1cccc(Cl)c1OC1C=CCCC1. The van der Waals surface area contributed by atoms with Gasteiger partial charge in [-0.15, -0.1) is 0 Å². The molecule has 1 aromatic rings. The normalized spacial score (nSPS) is 18.9. The van der Waals surface area contributed by atoms with Crippen LogP contribution in [0.3, 0.4) is 0 Å². The van der Waals surface area contributed by atoms with Gasteiger partial charge in [-0.3, -0.25) is 0 Å². The Hall–Kier alpha value is -0.990. The minimum atomic E-state index is 0.166. The summed E-state index contributed by atoms with van der Waals surface area (Å²) >= 11 is 6.25. The Balaban J connectivity index is 2.13. The molecule has 98 valence electrons. The molecule has 1 atom stereocenters. The van der Waals surface area contributed by atoms with Crippen molar-refractivity contribution in [1.29, 1.82) is 0 Å². The molecule has 0 radical (unpaired) electrons. The molecule has 2 nitrogen and oxygen atoms in total. The van der Waals surface area contributed by atoms with Crippen LogP contribution in [-0.4, -0.2) is 12.6 Å². The summed E-state index contributed by atoms with van der Waals surface area (Å²) in [6.07, 6.45) is 7.92. The van der Waals surface area contributed by atoms with E-state index < -0.39 is 0 Å². The maximum Gasteiger partial charge on any atom is 0.143 e. The molecule has 0 aliphatic heterocycles. The highest BCUT2D eigenvalue weighted by molar-refractivity contribution is 6.32. The second kappa shape index (κ2) is 6.81. The Morgan fingerprint density at radius 3 is 3.06 bits per heavy atom. The van der Waals surface area contributed by atoms with Gasteiger partial charge in [0.2, 0.25) is 0 Å². The molecule has 18 heavy (non-hydrogen) atoms. The molecule has 3 heteroatoms. The first-order valence-electron chi connectivity index (χ1n) is 6.62. The quantitative estimate of drug-likeness (QED) is 0.815. The molecule has 0 spiro atoms. The number of ether oxygens (including phenoxy) is 1. The molecular weight excluding hydrogens is 246 g/mol. The van der Waals surface area contributed by atoms with Crippen LogP contribution in [0, 0.1) is 0 Å². The molecule has 1 unspecified atom stereocenters. The van der Waals surface area contributed by atoms with Crippen molar-refractivity contribution < 1.29 is 4.74 Å². The Bertz CT molecular complexity index is 417. The first kappa shape index (κ1) is 13.4. The smallest absolute Gasteiger partial charge is 0.143 e. The van der Waals surface area contributed by atoms with Gasteiger partial charge in [-0.2, -0.15) is 0 Å². The molecule has 1 N–H and O–H groups in total. The van der Waals surface area contributed by atoms with E-state index in [4.69, 9.17) is 16.3 Å². The van der Waals surface area contributed by atoms with E-state index in [-0.39, 0.29) is 6.10 Å². The monoisotopic (exact) mass is 265 g/mol. The number of para-hydroxylation sites is 1. The Kier molecular flexibility index (Phi) is 5.09. The topological polar surface area (TPSA) is 21.3 Å². The van der Waals surface area contributed by atoms with Gasteiger partial charge in [0, 0.05) is 12.1 Å². The summed E-state index contributed by atoms with van der Waals surface area (Å²) in [4.78, 5) is 0. The minimum Gasteiger partial charge on any atom is -0.484 e. The highest BCUT2D eigenvalue weighted by Crippen LogP contribution is 2.31. The van der Waals surface area contributed by atoms with Crippen LogP contribution in [0.15, 0.2) is 30.4 Å². The third kappa shape index (κ3) is 3.50. The lowest BCUT2D eigenvalue weighted by Gasteiger charge is -2.21. The number of nitrogens with one attached hydrogen (secondary N) is 1. The number of rotatable bonds is 5. The fourth-order valence-corrected chi connectivity index (χ4v) is 2.35. The number of hydrogen-bond acceptors (Lipinski definition) is 2. The Morgan fingerprint density at radius 2 is 2.33 bits per heavy atom. The lowest BCUT2D eigenvalue weighted by atomic mass is 10.1. The van der Waals surface area contributed by atoms with E-state index in [1.165, 1.54) is 6.42 Å². The molecule has 1 aliphatic carbocycles. The zero-order valence-electron chi connectivity index (χ0n) is 10.8. The van der Waals surface area contributed by atoms with Crippen LogP contribution in [0.5, 0.6) is 5.75 Å². The molecule has 0 heterocycles. The van der Waals surface area contributed by atoms with Crippen LogP contribution < -0.4 is 10.1 Å². The standard InChI is InChI=1S/C15H20ClNO/c1-2-17-11-12-7-6-10-14(16)15(12)18-13-8-4-3-5-9-13/h4,6-8,10,13,17H,2-3,5,9,11H2,1H3. The van der Waals surface area contributed by atoms with E-state index in [1.807, 2.05) is 12.1 Å². The van der Waals surface area contributed by atoms with E-state index >= 15 is 0 Å². The number of hydrogen-bond donors (Lipinski definition) is 1. The fourth-order valence-electron chi connectivity index (χ4n) is 2.12. The molecular formula is C15H20ClNO. The minimum absolute atomic E-state index is 0.166. The fraction of sp³-hybridized carbons (Fsp3) is 0.467. The lowest BCUT2D eigenvalue weighted by molar-refractivity contribution is 0.227. The van der Waals surface area contributed by atoms with Crippen molar-refractivity contribution in [2.45, 2.75) is 38.8 Å². The predicted molar refractivity (Wildman–Crippen MR) is 76.2 cm³/mol. The second-order valence-corrected chi connectivity index (χ2v) is 4.93. The predicted octanol–water partition coefficient (Wildman–Crippen LogP) is 3.94. The first-order valence-corrected chi connectivity index (χ1v) is 7.00. The van der Waals surface area contributed by atoms with Crippen molar-refractivity contribution >= 4 is 11.6 Å². The van der Waals surface area contributed by atoms with Crippen LogP contribution >= 0.6 is 11.6 Å². The zero-order chi connectivity index (χ0) is 12.8. The van der Waals surface area contributed by atoms with Crippen molar-refractivity contribution in [2.24, 2.45) is 0 Å². The highest BCUT2D eigenvalue weighted by Gasteiger charge is 2.14. The molecule has 0 amide bonds. The van der Waals surface area contributed by atoms with Gasteiger partial charge in [0.25, 0.3) is 0 Å². The summed E-state index contributed by atoms with van der Waals surface area (Å²) in [7, 11) is 0. The number of allylic oxidation sites excluding steroid dienone is 1. The van der Waals surface area contributed by atoms with Crippen molar-refractivity contribution in [3.8, 4) is 5.75 Å². The molecule has 0 fully saturated rings. The summed E-state index contributed by atoms with van der Waals surface area (Å²) in [5.41, 5.74) is 1.13. The number of halogens is 1. The average Bonchev–Trinajstić information content (AvgIpc) is 2.41. The average molecular weight is 266 g/mol. The molecule has 2 rings (SSSR count). The lowest BCUT2D eigenvalue weighted by Crippen LogP contribution is -2.18. The van der Waals surface area contributed by atoms with Crippen molar-refractivity contribution in [1.82, 2.24) is 5.32 Å². The Morgan fingerprint density at radius 1 is 1.44 bits per heavy atom. The number of benzene rings is 1. The maximum atomic E-state index is 6.25. The van der Waals surface area contributed by atoms with Gasteiger partial charge in [-0.05, 0) is 37.9 Å². The van der Waals surface area contributed by atoms with E-state index in [0.29, 0.717) is 5.02 Å². The highest BCUT2D eigenvalue weighted by atomic mass is 35.5. The van der Waals surface area contributed by atoms with Gasteiger partial charge in [0.05, 0.1) is 5.02 Å². The summed E-state index contributed by atoms with van der Waals surface area (Å²) < 4.78 is 6.06. The van der Waals surface area contributed by atoms with Crippen molar-refractivity contribution in [2.75, 3.05) is 6.54 Å². The maximum absolute atomic E-state index is 6.25. The summed E-state index contributed by atoms with van der Waals surface area (Å²) in [5, 5.41) is 4.01. The van der Waals surface area contributed by atoms with Gasteiger partial charge < -0.3 is 10.1 Å². The van der Waals surface area contributed by atoms with Crippen molar-refractivity contribution in [3.05, 3.63) is 40.9 Å². The molecule has 1 aromatic carbocycles. The largest absolute Gasteiger partial charge is 0.484 e. The van der Waals surface area contributed by atoms with Crippen LogP contribution in [0.2, 0.25) is 5.02 Å². The van der Waals surface area contributed by atoms with E-state index in [1.54, 1.807) is 0 Å². The second-order valence-electron chi connectivity index (χ2n) is 4.52. The molecule has 0 saturated heterocycles. The zero-order valence-corrected chi connectivity index (χ0v) is 11.5. The molecule has 1 aliphatic rings. The van der Waals surface area contributed by atoms with Crippen LogP contribution in [0.1, 0.15) is 31.7 Å². The third-order valence-electron chi connectivity index (χ3n) is 3.09. The van der Waals surface area contributed by atoms with Crippen LogP contribution in [0.25, 0.3) is 0 Å². The van der Waals surface area contributed by atoms with Crippen molar-refractivity contribution in [3.63, 3.8) is 0 Å². The van der Waals surface area contributed by atoms with E-state index in [0.717, 1.165) is 37.2 Å².